The number of rotatable bonds is 2. The first-order chi connectivity index (χ1) is 9.25. The normalized spacial score (nSPS) is 13.1. The van der Waals surface area contributed by atoms with E-state index in [1.165, 1.54) is 0 Å². The van der Waals surface area contributed by atoms with Gasteiger partial charge in [-0.1, -0.05) is 29.8 Å². The molecule has 0 radical (unpaired) electrons. The van der Waals surface area contributed by atoms with E-state index in [1.54, 1.807) is 0 Å². The molecule has 0 saturated heterocycles. The average molecular weight is 253 g/mol. The number of aryl methyl sites for hydroxylation is 1. The van der Waals surface area contributed by atoms with E-state index in [2.05, 4.69) is 5.32 Å². The predicted molar refractivity (Wildman–Crippen MR) is 75.0 cm³/mol. The first-order valence-corrected chi connectivity index (χ1v) is 6.37. The zero-order chi connectivity index (χ0) is 13.2. The lowest BCUT2D eigenvalue weighted by Crippen LogP contribution is -2.20. The summed E-state index contributed by atoms with van der Waals surface area (Å²) in [5.74, 6) is 0.781. The van der Waals surface area contributed by atoms with Gasteiger partial charge in [0.2, 0.25) is 0 Å². The standard InChI is InChI=1S/C16H15NO2/c1-11-4-2-5-12(10-11)16(18)13-6-3-7-14-15(13)17-8-9-19-14/h2-7,10,17H,8-9H2,1H3. The Balaban J connectivity index is 2.05. The Hall–Kier alpha value is -2.29. The lowest BCUT2D eigenvalue weighted by atomic mass is 9.99. The molecule has 0 fully saturated rings. The number of para-hydroxylation sites is 1. The Morgan fingerprint density at radius 1 is 1.21 bits per heavy atom. The molecule has 19 heavy (non-hydrogen) atoms. The van der Waals surface area contributed by atoms with Gasteiger partial charge in [0.05, 0.1) is 5.69 Å². The number of hydrogen-bond donors (Lipinski definition) is 1. The zero-order valence-corrected chi connectivity index (χ0v) is 10.8. The van der Waals surface area contributed by atoms with Crippen LogP contribution in [0.15, 0.2) is 42.5 Å². The van der Waals surface area contributed by atoms with Gasteiger partial charge in [0.25, 0.3) is 0 Å². The quantitative estimate of drug-likeness (QED) is 0.836. The number of ketones is 1. The van der Waals surface area contributed by atoms with Gasteiger partial charge in [-0.2, -0.15) is 0 Å². The Morgan fingerprint density at radius 2 is 2.05 bits per heavy atom. The van der Waals surface area contributed by atoms with Crippen molar-refractivity contribution in [3.8, 4) is 5.75 Å². The molecule has 0 amide bonds. The first-order valence-electron chi connectivity index (χ1n) is 6.37. The van der Waals surface area contributed by atoms with Crippen LogP contribution in [-0.2, 0) is 0 Å². The van der Waals surface area contributed by atoms with Crippen molar-refractivity contribution in [1.82, 2.24) is 0 Å². The molecule has 96 valence electrons. The minimum absolute atomic E-state index is 0.0264. The van der Waals surface area contributed by atoms with Crippen molar-refractivity contribution in [2.45, 2.75) is 6.92 Å². The molecule has 1 aliphatic rings. The molecule has 1 N–H and O–H groups in total. The molecular weight excluding hydrogens is 238 g/mol. The molecule has 2 aromatic carbocycles. The van der Waals surface area contributed by atoms with Crippen molar-refractivity contribution in [2.75, 3.05) is 18.5 Å². The van der Waals surface area contributed by atoms with Crippen LogP contribution in [0.4, 0.5) is 5.69 Å². The molecule has 0 aromatic heterocycles. The van der Waals surface area contributed by atoms with Gasteiger partial charge in [0, 0.05) is 17.7 Å². The highest BCUT2D eigenvalue weighted by molar-refractivity contribution is 6.13. The number of nitrogens with one attached hydrogen (secondary N) is 1. The van der Waals surface area contributed by atoms with Crippen LogP contribution in [-0.4, -0.2) is 18.9 Å². The summed E-state index contributed by atoms with van der Waals surface area (Å²) in [7, 11) is 0. The van der Waals surface area contributed by atoms with E-state index >= 15 is 0 Å². The fraction of sp³-hybridized carbons (Fsp3) is 0.188. The summed E-state index contributed by atoms with van der Waals surface area (Å²) >= 11 is 0. The summed E-state index contributed by atoms with van der Waals surface area (Å²) in [4.78, 5) is 12.6. The SMILES string of the molecule is Cc1cccc(C(=O)c2cccc3c2NCCO3)c1. The summed E-state index contributed by atoms with van der Waals surface area (Å²) in [5, 5.41) is 3.25. The largest absolute Gasteiger partial charge is 0.490 e. The van der Waals surface area contributed by atoms with Gasteiger partial charge >= 0.3 is 0 Å². The maximum Gasteiger partial charge on any atom is 0.195 e. The average Bonchev–Trinajstić information content (AvgIpc) is 2.46. The van der Waals surface area contributed by atoms with E-state index in [9.17, 15) is 4.79 Å². The zero-order valence-electron chi connectivity index (χ0n) is 10.8. The maximum absolute atomic E-state index is 12.6. The Bertz CT molecular complexity index is 634. The Morgan fingerprint density at radius 3 is 2.89 bits per heavy atom. The molecule has 3 rings (SSSR count). The number of carbonyl (C=O) groups excluding carboxylic acids is 1. The Kier molecular flexibility index (Phi) is 2.95. The van der Waals surface area contributed by atoms with Gasteiger partial charge in [-0.05, 0) is 25.1 Å². The van der Waals surface area contributed by atoms with E-state index in [-0.39, 0.29) is 5.78 Å². The number of carbonyl (C=O) groups is 1. The summed E-state index contributed by atoms with van der Waals surface area (Å²) in [6, 6.07) is 13.2. The van der Waals surface area contributed by atoms with E-state index in [1.807, 2.05) is 49.4 Å². The van der Waals surface area contributed by atoms with Crippen molar-refractivity contribution in [3.63, 3.8) is 0 Å². The highest BCUT2D eigenvalue weighted by Gasteiger charge is 2.19. The lowest BCUT2D eigenvalue weighted by molar-refractivity contribution is 0.103. The van der Waals surface area contributed by atoms with Crippen molar-refractivity contribution in [3.05, 3.63) is 59.2 Å². The smallest absolute Gasteiger partial charge is 0.195 e. The lowest BCUT2D eigenvalue weighted by Gasteiger charge is -2.21. The number of anilines is 1. The van der Waals surface area contributed by atoms with E-state index in [4.69, 9.17) is 4.74 Å². The molecule has 0 spiro atoms. The van der Waals surface area contributed by atoms with Crippen LogP contribution in [0.25, 0.3) is 0 Å². The minimum Gasteiger partial charge on any atom is -0.490 e. The Labute approximate surface area is 112 Å². The van der Waals surface area contributed by atoms with Gasteiger partial charge in [-0.15, -0.1) is 0 Å². The first kappa shape index (κ1) is 11.8. The molecule has 2 aromatic rings. The van der Waals surface area contributed by atoms with Gasteiger partial charge < -0.3 is 10.1 Å². The summed E-state index contributed by atoms with van der Waals surface area (Å²) < 4.78 is 5.56. The van der Waals surface area contributed by atoms with Crippen LogP contribution in [0.3, 0.4) is 0 Å². The van der Waals surface area contributed by atoms with Crippen molar-refractivity contribution in [1.29, 1.82) is 0 Å². The number of hydrogen-bond acceptors (Lipinski definition) is 3. The molecule has 0 aliphatic carbocycles. The summed E-state index contributed by atoms with van der Waals surface area (Å²) in [5.41, 5.74) is 3.27. The second-order valence-electron chi connectivity index (χ2n) is 4.65. The molecule has 0 unspecified atom stereocenters. The third kappa shape index (κ3) is 2.19. The van der Waals surface area contributed by atoms with Gasteiger partial charge in [-0.3, -0.25) is 4.79 Å². The van der Waals surface area contributed by atoms with E-state index in [0.29, 0.717) is 17.7 Å². The van der Waals surface area contributed by atoms with Crippen LogP contribution in [0.5, 0.6) is 5.75 Å². The number of fused-ring (bicyclic) bond motifs is 1. The fourth-order valence-electron chi connectivity index (χ4n) is 2.30. The summed E-state index contributed by atoms with van der Waals surface area (Å²) in [6.45, 7) is 3.35. The topological polar surface area (TPSA) is 38.3 Å². The van der Waals surface area contributed by atoms with Crippen molar-refractivity contribution < 1.29 is 9.53 Å². The highest BCUT2D eigenvalue weighted by Crippen LogP contribution is 2.32. The molecule has 0 atom stereocenters. The van der Waals surface area contributed by atoms with Crippen LogP contribution < -0.4 is 10.1 Å². The van der Waals surface area contributed by atoms with Crippen LogP contribution in [0.2, 0.25) is 0 Å². The van der Waals surface area contributed by atoms with Gasteiger partial charge in [0.1, 0.15) is 12.4 Å². The minimum atomic E-state index is 0.0264. The molecule has 1 heterocycles. The molecule has 0 saturated carbocycles. The second-order valence-corrected chi connectivity index (χ2v) is 4.65. The van der Waals surface area contributed by atoms with Crippen LogP contribution in [0, 0.1) is 6.92 Å². The molecule has 0 bridgehead atoms. The molecular formula is C16H15NO2. The third-order valence-electron chi connectivity index (χ3n) is 3.21. The number of ether oxygens (including phenoxy) is 1. The number of benzene rings is 2. The van der Waals surface area contributed by atoms with E-state index < -0.39 is 0 Å². The van der Waals surface area contributed by atoms with Gasteiger partial charge in [0.15, 0.2) is 5.78 Å². The summed E-state index contributed by atoms with van der Waals surface area (Å²) in [6.07, 6.45) is 0. The van der Waals surface area contributed by atoms with Gasteiger partial charge in [-0.25, -0.2) is 0 Å². The monoisotopic (exact) mass is 253 g/mol. The molecule has 1 aliphatic heterocycles. The van der Waals surface area contributed by atoms with Crippen molar-refractivity contribution in [2.24, 2.45) is 0 Å². The maximum atomic E-state index is 12.6. The fourth-order valence-corrected chi connectivity index (χ4v) is 2.30. The third-order valence-corrected chi connectivity index (χ3v) is 3.21. The van der Waals surface area contributed by atoms with Crippen LogP contribution >= 0.6 is 0 Å². The predicted octanol–water partition coefficient (Wildman–Crippen LogP) is 3.03. The van der Waals surface area contributed by atoms with E-state index in [0.717, 1.165) is 23.5 Å². The highest BCUT2D eigenvalue weighted by atomic mass is 16.5. The van der Waals surface area contributed by atoms with Crippen molar-refractivity contribution >= 4 is 11.5 Å². The molecule has 3 nitrogen and oxygen atoms in total. The molecule has 3 heteroatoms. The van der Waals surface area contributed by atoms with Crippen LogP contribution in [0.1, 0.15) is 21.5 Å². The second kappa shape index (κ2) is 4.76.